The zero-order valence-electron chi connectivity index (χ0n) is 17.1. The normalized spacial score (nSPS) is 13.8. The van der Waals surface area contributed by atoms with Gasteiger partial charge in [-0.15, -0.1) is 0 Å². The first-order chi connectivity index (χ1) is 14.5. The van der Waals surface area contributed by atoms with E-state index >= 15 is 0 Å². The van der Waals surface area contributed by atoms with Gasteiger partial charge in [0.25, 0.3) is 5.56 Å². The molecule has 1 saturated heterocycles. The van der Waals surface area contributed by atoms with E-state index in [0.29, 0.717) is 42.0 Å². The number of carbonyl (C=O) groups excluding carboxylic acids is 1. The summed E-state index contributed by atoms with van der Waals surface area (Å²) >= 11 is 0. The Morgan fingerprint density at radius 1 is 1.33 bits per heavy atom. The second kappa shape index (κ2) is 9.27. The number of rotatable bonds is 7. The third kappa shape index (κ3) is 4.35. The second-order valence-electron chi connectivity index (χ2n) is 7.10. The van der Waals surface area contributed by atoms with Crippen LogP contribution in [0.3, 0.4) is 0 Å². The maximum Gasteiger partial charge on any atom is 0.271 e. The van der Waals surface area contributed by atoms with E-state index < -0.39 is 5.56 Å². The van der Waals surface area contributed by atoms with E-state index in [0.717, 1.165) is 13.0 Å². The Labute approximate surface area is 174 Å². The Bertz CT molecular complexity index is 1080. The Balaban J connectivity index is 1.90. The summed E-state index contributed by atoms with van der Waals surface area (Å²) < 4.78 is 6.36. The molecule has 30 heavy (non-hydrogen) atoms. The molecule has 1 aromatic carbocycles. The van der Waals surface area contributed by atoms with E-state index in [1.165, 1.54) is 10.8 Å². The molecular weight excluding hydrogens is 384 g/mol. The highest BCUT2D eigenvalue weighted by Crippen LogP contribution is 2.23. The molecule has 1 aromatic heterocycles. The van der Waals surface area contributed by atoms with Gasteiger partial charge in [0, 0.05) is 38.3 Å². The van der Waals surface area contributed by atoms with E-state index in [-0.39, 0.29) is 23.9 Å². The van der Waals surface area contributed by atoms with Gasteiger partial charge >= 0.3 is 0 Å². The van der Waals surface area contributed by atoms with E-state index in [9.17, 15) is 20.0 Å². The highest BCUT2D eigenvalue weighted by molar-refractivity contribution is 5.87. The van der Waals surface area contributed by atoms with Gasteiger partial charge in [-0.3, -0.25) is 19.1 Å². The smallest absolute Gasteiger partial charge is 0.271 e. The molecule has 8 heteroatoms. The molecule has 0 unspecified atom stereocenters. The Hall–Kier alpha value is -3.60. The van der Waals surface area contributed by atoms with Gasteiger partial charge in [0.1, 0.15) is 17.4 Å². The summed E-state index contributed by atoms with van der Waals surface area (Å²) in [5.41, 5.74) is 0.719. The number of aliphatic imine (C=N–C) groups is 1. The largest absolute Gasteiger partial charge is 0.497 e. The molecule has 0 spiro atoms. The van der Waals surface area contributed by atoms with Crippen molar-refractivity contribution in [1.82, 2.24) is 9.47 Å². The van der Waals surface area contributed by atoms with Crippen LogP contribution in [-0.4, -0.2) is 46.9 Å². The number of nitriles is 1. The minimum absolute atomic E-state index is 0.0304. The van der Waals surface area contributed by atoms with Crippen LogP contribution in [0.15, 0.2) is 34.1 Å². The molecule has 8 nitrogen and oxygen atoms in total. The number of methoxy groups -OCH3 is 1. The Morgan fingerprint density at radius 2 is 2.13 bits per heavy atom. The van der Waals surface area contributed by atoms with Crippen LogP contribution in [0.5, 0.6) is 11.6 Å². The van der Waals surface area contributed by atoms with Gasteiger partial charge in [-0.1, -0.05) is 6.07 Å². The molecule has 1 fully saturated rings. The van der Waals surface area contributed by atoms with Crippen molar-refractivity contribution in [2.75, 3.05) is 20.2 Å². The second-order valence-corrected chi connectivity index (χ2v) is 7.10. The first kappa shape index (κ1) is 21.1. The third-order valence-corrected chi connectivity index (χ3v) is 5.22. The Kier molecular flexibility index (Phi) is 6.52. The van der Waals surface area contributed by atoms with Crippen LogP contribution < -0.4 is 10.3 Å². The number of nitrogens with zero attached hydrogens (tertiary/aromatic N) is 4. The molecule has 1 amide bonds. The van der Waals surface area contributed by atoms with Crippen LogP contribution in [0.2, 0.25) is 0 Å². The summed E-state index contributed by atoms with van der Waals surface area (Å²) in [6.45, 7) is 3.03. The van der Waals surface area contributed by atoms with Gasteiger partial charge in [0.05, 0.1) is 18.4 Å². The van der Waals surface area contributed by atoms with Gasteiger partial charge < -0.3 is 14.7 Å². The number of hydrogen-bond donors (Lipinski definition) is 1. The molecule has 2 aromatic rings. The van der Waals surface area contributed by atoms with E-state index in [1.807, 2.05) is 6.07 Å². The monoisotopic (exact) mass is 408 g/mol. The summed E-state index contributed by atoms with van der Waals surface area (Å²) in [7, 11) is 1.56. The molecule has 1 N–H and O–H groups in total. The summed E-state index contributed by atoms with van der Waals surface area (Å²) in [4.78, 5) is 30.6. The molecular formula is C22H24N4O4. The first-order valence-corrected chi connectivity index (χ1v) is 9.78. The third-order valence-electron chi connectivity index (χ3n) is 5.22. The number of aromatic nitrogens is 1. The average Bonchev–Trinajstić information content (AvgIpc) is 3.15. The molecule has 2 heterocycles. The quantitative estimate of drug-likeness (QED) is 0.708. The summed E-state index contributed by atoms with van der Waals surface area (Å²) in [5.74, 6) is 0.514. The summed E-state index contributed by atoms with van der Waals surface area (Å²) in [6, 6.07) is 9.03. The number of benzene rings is 1. The van der Waals surface area contributed by atoms with E-state index in [2.05, 4.69) is 4.99 Å². The maximum atomic E-state index is 12.7. The van der Waals surface area contributed by atoms with Crippen LogP contribution in [0, 0.1) is 18.3 Å². The van der Waals surface area contributed by atoms with Gasteiger partial charge in [-0.05, 0) is 37.5 Å². The van der Waals surface area contributed by atoms with Gasteiger partial charge in [0.2, 0.25) is 11.8 Å². The fourth-order valence-electron chi connectivity index (χ4n) is 3.52. The average molecular weight is 408 g/mol. The SMILES string of the molecule is COc1cccc(N=Cc2c(C)c(C#N)c(=O)n(CCCN3CCCC3=O)c2O)c1. The molecule has 1 aliphatic heterocycles. The maximum absolute atomic E-state index is 12.7. The van der Waals surface area contributed by atoms with Gasteiger partial charge in [-0.25, -0.2) is 0 Å². The number of ether oxygens (including phenoxy) is 1. The van der Waals surface area contributed by atoms with Crippen molar-refractivity contribution in [3.8, 4) is 17.7 Å². The van der Waals surface area contributed by atoms with Crippen molar-refractivity contribution in [2.45, 2.75) is 32.7 Å². The van der Waals surface area contributed by atoms with Gasteiger partial charge in [0.15, 0.2) is 0 Å². The summed E-state index contributed by atoms with van der Waals surface area (Å²) in [6.07, 6.45) is 3.34. The highest BCUT2D eigenvalue weighted by Gasteiger charge is 2.21. The van der Waals surface area contributed by atoms with Crippen LogP contribution in [-0.2, 0) is 11.3 Å². The lowest BCUT2D eigenvalue weighted by Gasteiger charge is -2.17. The number of pyridine rings is 1. The van der Waals surface area contributed by atoms with Crippen molar-refractivity contribution in [3.63, 3.8) is 0 Å². The zero-order valence-corrected chi connectivity index (χ0v) is 17.1. The number of carbonyl (C=O) groups is 1. The molecule has 0 bridgehead atoms. The molecule has 0 atom stereocenters. The van der Waals surface area contributed by atoms with Gasteiger partial charge in [-0.2, -0.15) is 5.26 Å². The number of amides is 1. The molecule has 0 radical (unpaired) electrons. The van der Waals surface area contributed by atoms with E-state index in [1.54, 1.807) is 43.2 Å². The lowest BCUT2D eigenvalue weighted by molar-refractivity contribution is -0.127. The van der Waals surface area contributed by atoms with Crippen LogP contribution >= 0.6 is 0 Å². The fraction of sp³-hybridized carbons (Fsp3) is 0.364. The molecule has 156 valence electrons. The van der Waals surface area contributed by atoms with Crippen LogP contribution in [0.4, 0.5) is 5.69 Å². The number of likely N-dealkylation sites (tertiary alicyclic amines) is 1. The minimum Gasteiger partial charge on any atom is -0.497 e. The molecule has 3 rings (SSSR count). The number of hydrogen-bond acceptors (Lipinski definition) is 6. The van der Waals surface area contributed by atoms with Crippen molar-refractivity contribution < 1.29 is 14.6 Å². The zero-order chi connectivity index (χ0) is 21.7. The lowest BCUT2D eigenvalue weighted by atomic mass is 10.1. The fourth-order valence-corrected chi connectivity index (χ4v) is 3.52. The Morgan fingerprint density at radius 3 is 2.80 bits per heavy atom. The first-order valence-electron chi connectivity index (χ1n) is 9.78. The van der Waals surface area contributed by atoms with Crippen LogP contribution in [0.25, 0.3) is 0 Å². The van der Waals surface area contributed by atoms with E-state index in [4.69, 9.17) is 4.74 Å². The topological polar surface area (TPSA) is 108 Å². The van der Waals surface area contributed by atoms with Crippen LogP contribution in [0.1, 0.15) is 36.0 Å². The highest BCUT2D eigenvalue weighted by atomic mass is 16.5. The molecule has 1 aliphatic rings. The van der Waals surface area contributed by atoms with Crippen molar-refractivity contribution in [2.24, 2.45) is 4.99 Å². The lowest BCUT2D eigenvalue weighted by Crippen LogP contribution is -2.29. The van der Waals surface area contributed by atoms with Crippen molar-refractivity contribution in [3.05, 3.63) is 51.3 Å². The standard InChI is InChI=1S/C22H24N4O4/c1-15-18(13-23)21(28)26(11-5-10-25-9-4-8-20(25)27)22(29)19(15)14-24-16-6-3-7-17(12-16)30-2/h3,6-7,12,14,29H,4-5,8-11H2,1-2H3. The number of aromatic hydroxyl groups is 1. The predicted molar refractivity (Wildman–Crippen MR) is 112 cm³/mol. The van der Waals surface area contributed by atoms with Crippen molar-refractivity contribution >= 4 is 17.8 Å². The molecule has 0 saturated carbocycles. The minimum atomic E-state index is -0.543. The van der Waals surface area contributed by atoms with Crippen molar-refractivity contribution in [1.29, 1.82) is 5.26 Å². The summed E-state index contributed by atoms with van der Waals surface area (Å²) in [5, 5.41) is 20.2. The predicted octanol–water partition coefficient (Wildman–Crippen LogP) is 2.51. The molecule has 0 aliphatic carbocycles.